The van der Waals surface area contributed by atoms with Crippen molar-refractivity contribution < 1.29 is 0 Å². The van der Waals surface area contributed by atoms with E-state index in [2.05, 4.69) is 49.9 Å². The van der Waals surface area contributed by atoms with Gasteiger partial charge in [0.1, 0.15) is 0 Å². The maximum absolute atomic E-state index is 2.61. The van der Waals surface area contributed by atoms with E-state index in [1.807, 2.05) is 0 Å². The summed E-state index contributed by atoms with van der Waals surface area (Å²) in [5, 5.41) is 0. The van der Waals surface area contributed by atoms with E-state index in [0.717, 1.165) is 12.6 Å². The first-order chi connectivity index (χ1) is 8.22. The molecule has 1 heterocycles. The van der Waals surface area contributed by atoms with Crippen molar-refractivity contribution in [3.8, 4) is 0 Å². The van der Waals surface area contributed by atoms with Crippen LogP contribution in [0.4, 0.5) is 0 Å². The summed E-state index contributed by atoms with van der Waals surface area (Å²) in [5.74, 6) is 0.639. The van der Waals surface area contributed by atoms with Gasteiger partial charge in [0.2, 0.25) is 0 Å². The lowest BCUT2D eigenvalue weighted by Gasteiger charge is -2.13. The third-order valence-corrected chi connectivity index (χ3v) is 3.77. The Morgan fingerprint density at radius 2 is 2.06 bits per heavy atom. The Hall–Kier alpha value is -0.820. The number of benzene rings is 1. The van der Waals surface area contributed by atoms with Crippen molar-refractivity contribution in [1.82, 2.24) is 4.90 Å². The molecule has 1 heteroatoms. The van der Waals surface area contributed by atoms with Crippen LogP contribution in [0.3, 0.4) is 0 Å². The fraction of sp³-hybridized carbons (Fsp3) is 0.625. The molecule has 0 bridgehead atoms. The van der Waals surface area contributed by atoms with Crippen LogP contribution in [0.5, 0.6) is 0 Å². The Morgan fingerprint density at radius 1 is 1.29 bits per heavy atom. The number of hydrogen-bond donors (Lipinski definition) is 0. The van der Waals surface area contributed by atoms with Crippen LogP contribution in [0, 0.1) is 0 Å². The zero-order valence-corrected chi connectivity index (χ0v) is 11.4. The number of nitrogens with zero attached hydrogens (tertiary/aromatic N) is 1. The summed E-state index contributed by atoms with van der Waals surface area (Å²) in [7, 11) is 0. The van der Waals surface area contributed by atoms with Gasteiger partial charge in [-0.25, -0.2) is 0 Å². The summed E-state index contributed by atoms with van der Waals surface area (Å²) >= 11 is 0. The van der Waals surface area contributed by atoms with Crippen molar-refractivity contribution in [2.45, 2.75) is 58.5 Å². The van der Waals surface area contributed by atoms with Crippen molar-refractivity contribution in [2.75, 3.05) is 6.54 Å². The Labute approximate surface area is 106 Å². The normalized spacial score (nSPS) is 23.1. The molecule has 0 saturated carbocycles. The highest BCUT2D eigenvalue weighted by Gasteiger charge is 2.32. The maximum Gasteiger partial charge on any atom is 0.0240 e. The van der Waals surface area contributed by atoms with Gasteiger partial charge in [-0.1, -0.05) is 57.9 Å². The van der Waals surface area contributed by atoms with Gasteiger partial charge in [0.25, 0.3) is 0 Å². The van der Waals surface area contributed by atoms with E-state index >= 15 is 0 Å². The first-order valence-corrected chi connectivity index (χ1v) is 7.04. The summed E-state index contributed by atoms with van der Waals surface area (Å²) < 4.78 is 0. The molecular formula is C16H25N. The van der Waals surface area contributed by atoms with Gasteiger partial charge in [0.05, 0.1) is 0 Å². The van der Waals surface area contributed by atoms with Crippen molar-refractivity contribution in [3.05, 3.63) is 35.4 Å². The van der Waals surface area contributed by atoms with Crippen LogP contribution in [0.25, 0.3) is 0 Å². The second-order valence-electron chi connectivity index (χ2n) is 5.58. The molecule has 0 aromatic heterocycles. The quantitative estimate of drug-likeness (QED) is 0.664. The fourth-order valence-corrected chi connectivity index (χ4v) is 2.59. The largest absolute Gasteiger partial charge is 0.293 e. The molecule has 1 fully saturated rings. The predicted octanol–water partition coefficient (Wildman–Crippen LogP) is 4.18. The molecule has 1 saturated heterocycles. The number of unbranched alkanes of at least 4 members (excludes halogenated alkanes) is 1. The molecule has 17 heavy (non-hydrogen) atoms. The Balaban J connectivity index is 1.92. The maximum atomic E-state index is 2.61. The minimum absolute atomic E-state index is 0.639. The molecule has 94 valence electrons. The summed E-state index contributed by atoms with van der Waals surface area (Å²) in [6.45, 7) is 9.32. The second kappa shape index (κ2) is 5.68. The third-order valence-electron chi connectivity index (χ3n) is 3.77. The number of rotatable bonds is 6. The van der Waals surface area contributed by atoms with Crippen LogP contribution in [0.15, 0.2) is 24.3 Å². The predicted molar refractivity (Wildman–Crippen MR) is 74.3 cm³/mol. The van der Waals surface area contributed by atoms with Gasteiger partial charge in [-0.2, -0.15) is 0 Å². The summed E-state index contributed by atoms with van der Waals surface area (Å²) in [6, 6.07) is 9.78. The fourth-order valence-electron chi connectivity index (χ4n) is 2.59. The molecule has 1 nitrogen and oxygen atoms in total. The first-order valence-electron chi connectivity index (χ1n) is 7.04. The van der Waals surface area contributed by atoms with Crippen LogP contribution >= 0.6 is 0 Å². The Morgan fingerprint density at radius 3 is 2.76 bits per heavy atom. The van der Waals surface area contributed by atoms with Gasteiger partial charge >= 0.3 is 0 Å². The van der Waals surface area contributed by atoms with E-state index < -0.39 is 0 Å². The van der Waals surface area contributed by atoms with Gasteiger partial charge in [0.15, 0.2) is 0 Å². The lowest BCUT2D eigenvalue weighted by atomic mass is 9.97. The van der Waals surface area contributed by atoms with E-state index in [1.165, 1.54) is 36.9 Å². The molecule has 0 spiro atoms. The lowest BCUT2D eigenvalue weighted by Crippen LogP contribution is -2.05. The van der Waals surface area contributed by atoms with E-state index in [1.54, 1.807) is 0 Å². The first kappa shape index (κ1) is 12.6. The minimum Gasteiger partial charge on any atom is -0.293 e. The average Bonchev–Trinajstić information content (AvgIpc) is 3.05. The van der Waals surface area contributed by atoms with Crippen LogP contribution < -0.4 is 0 Å². The smallest absolute Gasteiger partial charge is 0.0240 e. The molecule has 0 amide bonds. The van der Waals surface area contributed by atoms with Crippen LogP contribution in [-0.4, -0.2) is 17.5 Å². The van der Waals surface area contributed by atoms with E-state index in [0.29, 0.717) is 5.92 Å². The highest BCUT2D eigenvalue weighted by atomic mass is 15.3. The summed E-state index contributed by atoms with van der Waals surface area (Å²) in [5.41, 5.74) is 3.05. The van der Waals surface area contributed by atoms with Gasteiger partial charge in [-0.05, 0) is 23.5 Å². The topological polar surface area (TPSA) is 3.01 Å². The standard InChI is InChI=1S/C16H25N/c1-4-5-9-15-12-17(15)11-14-8-6-7-10-16(14)13(2)3/h6-8,10,13,15H,4-5,9,11-12H2,1-3H3/t15-,17?/m1/s1. The molecule has 0 radical (unpaired) electrons. The van der Waals surface area contributed by atoms with Crippen LogP contribution in [0.2, 0.25) is 0 Å². The van der Waals surface area contributed by atoms with Gasteiger partial charge < -0.3 is 0 Å². The Bertz CT molecular complexity index is 356. The molecule has 0 N–H and O–H groups in total. The molecule has 1 unspecified atom stereocenters. The SMILES string of the molecule is CCCC[C@@H]1CN1Cc1ccccc1C(C)C. The monoisotopic (exact) mass is 231 g/mol. The molecule has 1 aliphatic heterocycles. The van der Waals surface area contributed by atoms with Crippen molar-refractivity contribution in [1.29, 1.82) is 0 Å². The van der Waals surface area contributed by atoms with Gasteiger partial charge in [0, 0.05) is 19.1 Å². The van der Waals surface area contributed by atoms with Gasteiger partial charge in [-0.15, -0.1) is 0 Å². The molecule has 1 aromatic carbocycles. The van der Waals surface area contributed by atoms with Crippen LogP contribution in [-0.2, 0) is 6.54 Å². The zero-order chi connectivity index (χ0) is 12.3. The Kier molecular flexibility index (Phi) is 4.22. The molecule has 2 atom stereocenters. The van der Waals surface area contributed by atoms with E-state index in [-0.39, 0.29) is 0 Å². The molecular weight excluding hydrogens is 206 g/mol. The summed E-state index contributed by atoms with van der Waals surface area (Å²) in [4.78, 5) is 2.61. The van der Waals surface area contributed by atoms with Crippen LogP contribution in [0.1, 0.15) is 57.1 Å². The summed E-state index contributed by atoms with van der Waals surface area (Å²) in [6.07, 6.45) is 4.10. The van der Waals surface area contributed by atoms with Crippen molar-refractivity contribution in [3.63, 3.8) is 0 Å². The molecule has 1 aliphatic rings. The second-order valence-corrected chi connectivity index (χ2v) is 5.58. The van der Waals surface area contributed by atoms with Gasteiger partial charge in [-0.3, -0.25) is 4.90 Å². The highest BCUT2D eigenvalue weighted by Crippen LogP contribution is 2.28. The highest BCUT2D eigenvalue weighted by molar-refractivity contribution is 5.30. The minimum atomic E-state index is 0.639. The van der Waals surface area contributed by atoms with E-state index in [4.69, 9.17) is 0 Å². The lowest BCUT2D eigenvalue weighted by molar-refractivity contribution is 0.476. The number of hydrogen-bond acceptors (Lipinski definition) is 1. The average molecular weight is 231 g/mol. The molecule has 2 rings (SSSR count). The van der Waals surface area contributed by atoms with Crippen molar-refractivity contribution >= 4 is 0 Å². The zero-order valence-electron chi connectivity index (χ0n) is 11.4. The van der Waals surface area contributed by atoms with Crippen molar-refractivity contribution in [2.24, 2.45) is 0 Å². The third kappa shape index (κ3) is 3.32. The molecule has 1 aromatic rings. The van der Waals surface area contributed by atoms with E-state index in [9.17, 15) is 0 Å². The molecule has 0 aliphatic carbocycles.